The summed E-state index contributed by atoms with van der Waals surface area (Å²) in [7, 11) is 1.64. The summed E-state index contributed by atoms with van der Waals surface area (Å²) in [6.45, 7) is 5.57. The molecule has 2 saturated heterocycles. The van der Waals surface area contributed by atoms with Crippen LogP contribution in [0.1, 0.15) is 30.4 Å². The van der Waals surface area contributed by atoms with Crippen molar-refractivity contribution in [3.8, 4) is 5.88 Å². The van der Waals surface area contributed by atoms with Crippen LogP contribution in [-0.2, 0) is 22.6 Å². The maximum absolute atomic E-state index is 10.6. The van der Waals surface area contributed by atoms with Gasteiger partial charge < -0.3 is 25.0 Å². The van der Waals surface area contributed by atoms with E-state index in [-0.39, 0.29) is 24.5 Å². The third kappa shape index (κ3) is 9.64. The summed E-state index contributed by atoms with van der Waals surface area (Å²) < 4.78 is 5.15. The maximum atomic E-state index is 10.6. The van der Waals surface area contributed by atoms with E-state index < -0.39 is 0 Å². The minimum absolute atomic E-state index is 0.231. The Labute approximate surface area is 207 Å². The van der Waals surface area contributed by atoms with Gasteiger partial charge in [-0.1, -0.05) is 36.4 Å². The molecule has 2 fully saturated rings. The van der Waals surface area contributed by atoms with E-state index in [1.165, 1.54) is 24.0 Å². The Morgan fingerprint density at radius 2 is 1.69 bits per heavy atom. The van der Waals surface area contributed by atoms with Gasteiger partial charge in [-0.3, -0.25) is 14.5 Å². The van der Waals surface area contributed by atoms with E-state index in [2.05, 4.69) is 51.2 Å². The molecule has 0 saturated carbocycles. The van der Waals surface area contributed by atoms with Crippen LogP contribution < -0.4 is 4.74 Å². The number of hydrogen-bond acceptors (Lipinski definition) is 7. The number of methoxy groups -OCH3 is 1. The zero-order chi connectivity index (χ0) is 25.5. The van der Waals surface area contributed by atoms with Crippen molar-refractivity contribution in [1.82, 2.24) is 14.8 Å². The lowest BCUT2D eigenvalue weighted by Crippen LogP contribution is -2.53. The van der Waals surface area contributed by atoms with Crippen molar-refractivity contribution in [3.63, 3.8) is 0 Å². The molecule has 4 rings (SSSR count). The fourth-order valence-electron chi connectivity index (χ4n) is 5.01. The highest BCUT2D eigenvalue weighted by molar-refractivity contribution is 5.33. The number of hydrogen-bond donors (Lipinski definition) is 3. The van der Waals surface area contributed by atoms with Crippen LogP contribution in [0.2, 0.25) is 0 Å². The average Bonchev–Trinajstić information content (AvgIpc) is 2.85. The molecule has 2 aliphatic rings. The summed E-state index contributed by atoms with van der Waals surface area (Å²) in [5, 5.41) is 24.4. The minimum atomic E-state index is -0.250. The second-order valence-corrected chi connectivity index (χ2v) is 9.02. The van der Waals surface area contributed by atoms with E-state index in [0.29, 0.717) is 5.88 Å². The van der Waals surface area contributed by atoms with Crippen molar-refractivity contribution < 1.29 is 29.6 Å². The highest BCUT2D eigenvalue weighted by Crippen LogP contribution is 2.40. The summed E-state index contributed by atoms with van der Waals surface area (Å²) >= 11 is 0. The molecule has 1 aromatic heterocycles. The molecule has 9 heteroatoms. The van der Waals surface area contributed by atoms with Crippen LogP contribution in [0.25, 0.3) is 0 Å². The number of likely N-dealkylation sites (tertiary alicyclic amines) is 2. The SMILES string of the molecule is COc1ccc(CN2CC(O)CC3(CCN(CCc4ccccc4)CC3)C2)cn1.O=CO.O=CO. The third-order valence-corrected chi connectivity index (χ3v) is 6.59. The van der Waals surface area contributed by atoms with Crippen LogP contribution in [0.3, 0.4) is 0 Å². The van der Waals surface area contributed by atoms with Crippen LogP contribution in [0, 0.1) is 5.41 Å². The topological polar surface area (TPSA) is 123 Å². The fraction of sp³-hybridized carbons (Fsp3) is 0.500. The van der Waals surface area contributed by atoms with Gasteiger partial charge in [0.1, 0.15) is 0 Å². The molecule has 0 bridgehead atoms. The van der Waals surface area contributed by atoms with Gasteiger partial charge in [-0.2, -0.15) is 0 Å². The number of piperidine rings is 2. The molecule has 1 aromatic carbocycles. The molecule has 1 unspecified atom stereocenters. The zero-order valence-corrected chi connectivity index (χ0v) is 20.3. The summed E-state index contributed by atoms with van der Waals surface area (Å²) in [4.78, 5) is 26.1. The molecule has 0 amide bonds. The first-order valence-corrected chi connectivity index (χ1v) is 11.8. The molecule has 2 aromatic rings. The molecule has 9 nitrogen and oxygen atoms in total. The second kappa shape index (κ2) is 15.1. The number of aliphatic hydroxyl groups is 1. The molecular formula is C26H37N3O6. The number of benzene rings is 1. The molecule has 0 radical (unpaired) electrons. The van der Waals surface area contributed by atoms with E-state index in [0.717, 1.165) is 52.1 Å². The smallest absolute Gasteiger partial charge is 0.290 e. The van der Waals surface area contributed by atoms with Crippen LogP contribution in [-0.4, -0.2) is 89.0 Å². The Morgan fingerprint density at radius 1 is 1.03 bits per heavy atom. The Hall–Kier alpha value is -3.01. The first-order valence-electron chi connectivity index (χ1n) is 11.8. The third-order valence-electron chi connectivity index (χ3n) is 6.59. The fourth-order valence-corrected chi connectivity index (χ4v) is 5.01. The number of β-amino-alcohol motifs (C(OH)–C–C–N with tert-alkyl or cyclic N) is 1. The van der Waals surface area contributed by atoms with E-state index in [4.69, 9.17) is 24.5 Å². The van der Waals surface area contributed by atoms with Gasteiger partial charge in [0.15, 0.2) is 0 Å². The number of carboxylic acid groups (broad SMARTS) is 2. The van der Waals surface area contributed by atoms with Crippen LogP contribution in [0.15, 0.2) is 48.7 Å². The average molecular weight is 488 g/mol. The molecule has 1 spiro atoms. The lowest BCUT2D eigenvalue weighted by atomic mass is 9.71. The van der Waals surface area contributed by atoms with Gasteiger partial charge in [-0.25, -0.2) is 4.98 Å². The van der Waals surface area contributed by atoms with Gasteiger partial charge >= 0.3 is 0 Å². The lowest BCUT2D eigenvalue weighted by molar-refractivity contribution is -0.123. The molecule has 192 valence electrons. The van der Waals surface area contributed by atoms with Crippen LogP contribution in [0.5, 0.6) is 5.88 Å². The highest BCUT2D eigenvalue weighted by atomic mass is 16.5. The first kappa shape index (κ1) is 28.2. The van der Waals surface area contributed by atoms with Crippen molar-refractivity contribution in [1.29, 1.82) is 0 Å². The van der Waals surface area contributed by atoms with Crippen LogP contribution in [0.4, 0.5) is 0 Å². The number of aliphatic hydroxyl groups excluding tert-OH is 1. The van der Waals surface area contributed by atoms with Crippen molar-refractivity contribution in [3.05, 3.63) is 59.8 Å². The Balaban J connectivity index is 0.000000655. The number of nitrogens with zero attached hydrogens (tertiary/aromatic N) is 3. The quantitative estimate of drug-likeness (QED) is 0.527. The van der Waals surface area contributed by atoms with Crippen molar-refractivity contribution in [2.75, 3.05) is 39.8 Å². The van der Waals surface area contributed by atoms with E-state index in [1.54, 1.807) is 7.11 Å². The summed E-state index contributed by atoms with van der Waals surface area (Å²) in [6, 6.07) is 14.7. The van der Waals surface area contributed by atoms with Gasteiger partial charge in [0.05, 0.1) is 13.2 Å². The van der Waals surface area contributed by atoms with Crippen molar-refractivity contribution in [2.45, 2.75) is 38.3 Å². The predicted octanol–water partition coefficient (Wildman–Crippen LogP) is 2.38. The summed E-state index contributed by atoms with van der Waals surface area (Å²) in [5.41, 5.74) is 2.84. The summed E-state index contributed by atoms with van der Waals surface area (Å²) in [6.07, 6.45) is 6.07. The highest BCUT2D eigenvalue weighted by Gasteiger charge is 2.41. The molecule has 0 aliphatic carbocycles. The number of aromatic nitrogens is 1. The maximum Gasteiger partial charge on any atom is 0.290 e. The van der Waals surface area contributed by atoms with Crippen molar-refractivity contribution >= 4 is 12.9 Å². The standard InChI is InChI=1S/C24H33N3O2.2CH2O2/c1-29-23-8-7-21(16-25-23)17-27-18-22(28)15-24(19-27)10-13-26(14-11-24)12-9-20-5-3-2-4-6-20;2*2-1-3/h2-8,16,22,28H,9-15,17-19H2,1H3;2*1H,(H,2,3). The van der Waals surface area contributed by atoms with E-state index >= 15 is 0 Å². The minimum Gasteiger partial charge on any atom is -0.483 e. The monoisotopic (exact) mass is 487 g/mol. The largest absolute Gasteiger partial charge is 0.483 e. The molecular weight excluding hydrogens is 450 g/mol. The number of pyridine rings is 1. The molecule has 35 heavy (non-hydrogen) atoms. The second-order valence-electron chi connectivity index (χ2n) is 9.02. The normalized spacial score (nSPS) is 19.4. The molecule has 2 aliphatic heterocycles. The van der Waals surface area contributed by atoms with E-state index in [1.807, 2.05) is 12.3 Å². The van der Waals surface area contributed by atoms with Gasteiger partial charge in [-0.15, -0.1) is 0 Å². The number of ether oxygens (including phenoxy) is 1. The Bertz CT molecular complexity index is 851. The molecule has 3 heterocycles. The van der Waals surface area contributed by atoms with E-state index in [9.17, 15) is 5.11 Å². The summed E-state index contributed by atoms with van der Waals surface area (Å²) in [5.74, 6) is 0.645. The van der Waals surface area contributed by atoms with Gasteiger partial charge in [-0.05, 0) is 55.3 Å². The number of rotatable bonds is 6. The first-order chi connectivity index (χ1) is 17.0. The van der Waals surface area contributed by atoms with Gasteiger partial charge in [0.25, 0.3) is 12.9 Å². The Kier molecular flexibility index (Phi) is 12.2. The predicted molar refractivity (Wildman–Crippen MR) is 132 cm³/mol. The zero-order valence-electron chi connectivity index (χ0n) is 20.3. The lowest BCUT2D eigenvalue weighted by Gasteiger charge is -2.49. The molecule has 3 N–H and O–H groups in total. The molecule has 1 atom stereocenters. The number of carbonyl (C=O) groups is 2. The van der Waals surface area contributed by atoms with Gasteiger partial charge in [0.2, 0.25) is 5.88 Å². The van der Waals surface area contributed by atoms with Gasteiger partial charge in [0, 0.05) is 38.4 Å². The van der Waals surface area contributed by atoms with Crippen molar-refractivity contribution in [2.24, 2.45) is 5.41 Å². The van der Waals surface area contributed by atoms with Crippen LogP contribution >= 0.6 is 0 Å². The Morgan fingerprint density at radius 3 is 2.26 bits per heavy atom.